The van der Waals surface area contributed by atoms with Crippen LogP contribution >= 0.6 is 11.6 Å². The predicted octanol–water partition coefficient (Wildman–Crippen LogP) is 2.67. The summed E-state index contributed by atoms with van der Waals surface area (Å²) < 4.78 is 23.9. The van der Waals surface area contributed by atoms with Crippen LogP contribution in [0.5, 0.6) is 0 Å². The molecule has 1 aliphatic carbocycles. The molecule has 1 saturated carbocycles. The number of halogens is 1. The Kier molecular flexibility index (Phi) is 4.20. The van der Waals surface area contributed by atoms with Gasteiger partial charge in [-0.3, -0.25) is 14.4 Å². The highest BCUT2D eigenvalue weighted by molar-refractivity contribution is 7.91. The van der Waals surface area contributed by atoms with Crippen LogP contribution in [-0.4, -0.2) is 31.5 Å². The second kappa shape index (κ2) is 5.74. The van der Waals surface area contributed by atoms with Crippen molar-refractivity contribution in [1.82, 2.24) is 0 Å². The minimum atomic E-state index is -3.37. The Morgan fingerprint density at radius 1 is 1.24 bits per heavy atom. The minimum absolute atomic E-state index is 0.0419. The van der Waals surface area contributed by atoms with Crippen molar-refractivity contribution in [3.63, 3.8) is 0 Å². The number of benzene rings is 1. The van der Waals surface area contributed by atoms with E-state index in [1.54, 1.807) is 20.8 Å². The molecule has 0 radical (unpaired) electrons. The lowest BCUT2D eigenvalue weighted by Crippen LogP contribution is -2.48. The van der Waals surface area contributed by atoms with Gasteiger partial charge in [-0.1, -0.05) is 32.4 Å². The number of rotatable bonds is 2. The summed E-state index contributed by atoms with van der Waals surface area (Å²) in [7, 11) is -3.37. The summed E-state index contributed by atoms with van der Waals surface area (Å²) in [4.78, 5) is 38.3. The number of hydrogen-bond acceptors (Lipinski definition) is 5. The largest absolute Gasteiger partial charge is 0.298 e. The lowest BCUT2D eigenvalue weighted by molar-refractivity contribution is -0.143. The molecule has 1 aliphatic heterocycles. The lowest BCUT2D eigenvalue weighted by atomic mass is 9.64. The molecule has 1 aromatic carbocycles. The first-order chi connectivity index (χ1) is 11.5. The fraction of sp³-hybridized carbons (Fsp3) is 0.500. The summed E-state index contributed by atoms with van der Waals surface area (Å²) in [6, 6.07) is 2.67. The van der Waals surface area contributed by atoms with E-state index in [0.29, 0.717) is 12.0 Å². The van der Waals surface area contributed by atoms with Crippen LogP contribution in [0.1, 0.15) is 43.1 Å². The molecule has 5 nitrogen and oxygen atoms in total. The zero-order valence-corrected chi connectivity index (χ0v) is 15.8. The SMILES string of the molecule is CC1CC(C)(C)C(=O)C(C(=O)c2ccc3c(c2Cl)CCS3(=O)=O)C1=O. The van der Waals surface area contributed by atoms with E-state index in [4.69, 9.17) is 11.6 Å². The second-order valence-electron chi connectivity index (χ2n) is 7.53. The summed E-state index contributed by atoms with van der Waals surface area (Å²) in [6.07, 6.45) is 0.636. The van der Waals surface area contributed by atoms with E-state index in [1.807, 2.05) is 0 Å². The van der Waals surface area contributed by atoms with Crippen LogP contribution in [0.4, 0.5) is 0 Å². The average Bonchev–Trinajstić information content (AvgIpc) is 2.82. The molecule has 0 aromatic heterocycles. The summed E-state index contributed by atoms with van der Waals surface area (Å²) in [5.41, 5.74) is -0.315. The van der Waals surface area contributed by atoms with Crippen LogP contribution in [0.3, 0.4) is 0 Å². The number of carbonyl (C=O) groups is 3. The first-order valence-corrected chi connectivity index (χ1v) is 10.2. The number of fused-ring (bicyclic) bond motifs is 1. The molecule has 1 heterocycles. The Morgan fingerprint density at radius 3 is 2.52 bits per heavy atom. The summed E-state index contributed by atoms with van der Waals surface area (Å²) in [5.74, 6) is -3.23. The Hall–Kier alpha value is -1.53. The van der Waals surface area contributed by atoms with Gasteiger partial charge in [-0.05, 0) is 30.5 Å². The Balaban J connectivity index is 2.07. The first kappa shape index (κ1) is 18.3. The summed E-state index contributed by atoms with van der Waals surface area (Å²) in [6.45, 7) is 5.18. The molecular formula is C18H19ClO5S. The molecule has 3 rings (SSSR count). The van der Waals surface area contributed by atoms with Crippen molar-refractivity contribution in [2.24, 2.45) is 17.3 Å². The van der Waals surface area contributed by atoms with Gasteiger partial charge in [0.15, 0.2) is 27.2 Å². The van der Waals surface area contributed by atoms with Gasteiger partial charge >= 0.3 is 0 Å². The molecule has 0 amide bonds. The summed E-state index contributed by atoms with van der Waals surface area (Å²) in [5, 5.41) is 0.0419. The van der Waals surface area contributed by atoms with E-state index in [0.717, 1.165) is 0 Å². The molecular weight excluding hydrogens is 364 g/mol. The molecule has 134 valence electrons. The third-order valence-corrected chi connectivity index (χ3v) is 7.43. The maximum atomic E-state index is 13.0. The van der Waals surface area contributed by atoms with Gasteiger partial charge in [0.25, 0.3) is 0 Å². The van der Waals surface area contributed by atoms with Crippen LogP contribution in [0.25, 0.3) is 0 Å². The van der Waals surface area contributed by atoms with Gasteiger partial charge in [-0.25, -0.2) is 8.42 Å². The topological polar surface area (TPSA) is 85.3 Å². The molecule has 2 atom stereocenters. The normalized spacial score (nSPS) is 27.2. The highest BCUT2D eigenvalue weighted by Gasteiger charge is 2.49. The molecule has 0 spiro atoms. The highest BCUT2D eigenvalue weighted by Crippen LogP contribution is 2.40. The van der Waals surface area contributed by atoms with Crippen LogP contribution in [0, 0.1) is 17.3 Å². The average molecular weight is 383 g/mol. The number of ketones is 3. The third-order valence-electron chi connectivity index (χ3n) is 5.20. The molecule has 0 N–H and O–H groups in total. The predicted molar refractivity (Wildman–Crippen MR) is 92.6 cm³/mol. The number of Topliss-reactive ketones (excluding diaryl/α,β-unsaturated/α-hetero) is 3. The van der Waals surface area contributed by atoms with E-state index < -0.39 is 44.4 Å². The fourth-order valence-electron chi connectivity index (χ4n) is 3.84. The van der Waals surface area contributed by atoms with Gasteiger partial charge in [0.05, 0.1) is 15.7 Å². The van der Waals surface area contributed by atoms with E-state index in [9.17, 15) is 22.8 Å². The van der Waals surface area contributed by atoms with Crippen LogP contribution in [-0.2, 0) is 25.8 Å². The smallest absolute Gasteiger partial charge is 0.182 e. The molecule has 2 aliphatic rings. The Morgan fingerprint density at radius 2 is 1.88 bits per heavy atom. The van der Waals surface area contributed by atoms with E-state index in [1.165, 1.54) is 12.1 Å². The van der Waals surface area contributed by atoms with Crippen molar-refractivity contribution in [1.29, 1.82) is 0 Å². The van der Waals surface area contributed by atoms with Gasteiger partial charge in [-0.15, -0.1) is 0 Å². The molecule has 0 saturated heterocycles. The second-order valence-corrected chi connectivity index (χ2v) is 9.98. The molecule has 7 heteroatoms. The molecule has 0 bridgehead atoms. The Bertz CT molecular complexity index is 914. The summed E-state index contributed by atoms with van der Waals surface area (Å²) >= 11 is 6.29. The van der Waals surface area contributed by atoms with Crippen molar-refractivity contribution in [3.05, 3.63) is 28.3 Å². The third kappa shape index (κ3) is 2.75. The van der Waals surface area contributed by atoms with Crippen molar-refractivity contribution >= 4 is 38.8 Å². The lowest BCUT2D eigenvalue weighted by Gasteiger charge is -2.35. The van der Waals surface area contributed by atoms with Crippen LogP contribution in [0.2, 0.25) is 5.02 Å². The zero-order chi connectivity index (χ0) is 18.7. The van der Waals surface area contributed by atoms with E-state index in [2.05, 4.69) is 0 Å². The van der Waals surface area contributed by atoms with Crippen molar-refractivity contribution < 1.29 is 22.8 Å². The van der Waals surface area contributed by atoms with Gasteiger partial charge in [-0.2, -0.15) is 0 Å². The van der Waals surface area contributed by atoms with Gasteiger partial charge in [0.2, 0.25) is 0 Å². The van der Waals surface area contributed by atoms with Crippen LogP contribution in [0.15, 0.2) is 17.0 Å². The van der Waals surface area contributed by atoms with Crippen LogP contribution < -0.4 is 0 Å². The maximum absolute atomic E-state index is 13.0. The fourth-order valence-corrected chi connectivity index (χ4v) is 5.80. The van der Waals surface area contributed by atoms with Gasteiger partial charge < -0.3 is 0 Å². The van der Waals surface area contributed by atoms with E-state index in [-0.39, 0.29) is 27.7 Å². The quantitative estimate of drug-likeness (QED) is 0.579. The van der Waals surface area contributed by atoms with Gasteiger partial charge in [0, 0.05) is 16.9 Å². The van der Waals surface area contributed by atoms with Crippen molar-refractivity contribution in [2.45, 2.75) is 38.5 Å². The zero-order valence-electron chi connectivity index (χ0n) is 14.3. The van der Waals surface area contributed by atoms with Gasteiger partial charge in [0.1, 0.15) is 5.92 Å². The van der Waals surface area contributed by atoms with E-state index >= 15 is 0 Å². The molecule has 1 aromatic rings. The van der Waals surface area contributed by atoms with Crippen molar-refractivity contribution in [3.8, 4) is 0 Å². The highest BCUT2D eigenvalue weighted by atomic mass is 35.5. The molecule has 2 unspecified atom stereocenters. The first-order valence-electron chi connectivity index (χ1n) is 8.14. The standard InChI is InChI=1S/C18H19ClO5S/c1-9-8-18(2,3)17(22)13(15(9)20)16(21)11-4-5-12-10(14(11)19)6-7-25(12,23)24/h4-5,9,13H,6-8H2,1-3H3. The number of hydrogen-bond donors (Lipinski definition) is 0. The molecule has 1 fully saturated rings. The molecule has 25 heavy (non-hydrogen) atoms. The minimum Gasteiger partial charge on any atom is -0.298 e. The Labute approximate surface area is 151 Å². The maximum Gasteiger partial charge on any atom is 0.182 e. The monoisotopic (exact) mass is 382 g/mol. The number of sulfone groups is 1. The van der Waals surface area contributed by atoms with Crippen molar-refractivity contribution in [2.75, 3.05) is 5.75 Å². The number of carbonyl (C=O) groups excluding carboxylic acids is 3.